The molecular weight excluding hydrogens is 481 g/mol. The van der Waals surface area contributed by atoms with Crippen molar-refractivity contribution in [3.8, 4) is 5.75 Å². The lowest BCUT2D eigenvalue weighted by Crippen LogP contribution is -2.63. The Kier molecular flexibility index (Phi) is 4.55. The number of aromatic nitrogens is 2. The minimum Gasteiger partial charge on any atom is -0.487 e. The topological polar surface area (TPSA) is 67.8 Å². The summed E-state index contributed by atoms with van der Waals surface area (Å²) in [7, 11) is 0. The minimum atomic E-state index is -1.12. The maximum Gasteiger partial charge on any atom is 0.410 e. The zero-order valence-electron chi connectivity index (χ0n) is 17.1. The van der Waals surface area contributed by atoms with Crippen LogP contribution in [0.25, 0.3) is 10.9 Å². The van der Waals surface area contributed by atoms with E-state index in [0.717, 1.165) is 6.42 Å². The molecule has 0 saturated carbocycles. The zero-order chi connectivity index (χ0) is 22.2. The Hall–Kier alpha value is -2.30. The average Bonchev–Trinajstić information content (AvgIpc) is 2.91. The number of benzene rings is 1. The van der Waals surface area contributed by atoms with Gasteiger partial charge in [-0.05, 0) is 49.5 Å². The van der Waals surface area contributed by atoms with Gasteiger partial charge < -0.3 is 14.4 Å². The van der Waals surface area contributed by atoms with E-state index in [1.165, 1.54) is 0 Å². The largest absolute Gasteiger partial charge is 0.487 e. The van der Waals surface area contributed by atoms with Crippen LogP contribution in [-0.4, -0.2) is 57.8 Å². The van der Waals surface area contributed by atoms with Gasteiger partial charge in [0.05, 0.1) is 28.0 Å². The molecule has 2 fully saturated rings. The number of carbonyl (C=O) groups is 1. The molecule has 5 rings (SSSR count). The Labute approximate surface area is 184 Å². The number of ether oxygens (including phenoxy) is 2. The van der Waals surface area contributed by atoms with Crippen LogP contribution in [0.1, 0.15) is 33.6 Å². The average molecular weight is 501 g/mol. The van der Waals surface area contributed by atoms with Crippen molar-refractivity contribution in [2.24, 2.45) is 0 Å². The highest BCUT2D eigenvalue weighted by Gasteiger charge is 2.51. The molecule has 1 amide bonds. The van der Waals surface area contributed by atoms with Crippen molar-refractivity contribution in [3.63, 3.8) is 0 Å². The van der Waals surface area contributed by atoms with Crippen molar-refractivity contribution in [2.45, 2.75) is 57.3 Å². The Morgan fingerprint density at radius 1 is 1.16 bits per heavy atom. The molecule has 1 aromatic heterocycles. The van der Waals surface area contributed by atoms with Crippen molar-refractivity contribution in [1.29, 1.82) is 0 Å². The van der Waals surface area contributed by atoms with Crippen molar-refractivity contribution in [1.82, 2.24) is 14.9 Å². The summed E-state index contributed by atoms with van der Waals surface area (Å²) in [5.74, 6) is -2.11. The minimum absolute atomic E-state index is 0.00721. The molecule has 2 bridgehead atoms. The predicted octanol–water partition coefficient (Wildman–Crippen LogP) is 4.16. The molecule has 3 aliphatic heterocycles. The summed E-state index contributed by atoms with van der Waals surface area (Å²) < 4.78 is 54.8. The monoisotopic (exact) mass is 500 g/mol. The Bertz CT molecular complexity index is 1110. The van der Waals surface area contributed by atoms with Crippen LogP contribution in [0.3, 0.4) is 0 Å². The second-order valence-electron chi connectivity index (χ2n) is 9.03. The molecule has 4 heterocycles. The lowest BCUT2D eigenvalue weighted by atomic mass is 10.0. The number of hydrogen-bond acceptors (Lipinski definition) is 6. The van der Waals surface area contributed by atoms with Crippen LogP contribution in [0, 0.1) is 17.7 Å². The zero-order valence-corrected chi connectivity index (χ0v) is 18.7. The number of carbonyl (C=O) groups excluding carboxylic acids is 1. The summed E-state index contributed by atoms with van der Waals surface area (Å²) in [6, 6.07) is -0.930. The third kappa shape index (κ3) is 3.11. The summed E-state index contributed by atoms with van der Waals surface area (Å²) in [6.07, 6.45) is -0.139. The van der Waals surface area contributed by atoms with Gasteiger partial charge in [0.2, 0.25) is 0 Å². The number of amides is 1. The quantitative estimate of drug-likeness (QED) is 0.399. The number of rotatable bonds is 0. The standard InChI is InChI=1S/C20H20BrF3N4O3/c1-20(2,3)31-19(29)28-8-4-5-9(28)10-7-30-16-11-15(13(22)12(21)14(16)23)25-18(24)26-17(11)27(10)6-8/h8-10H,4-7H2,1-3H3. The van der Waals surface area contributed by atoms with Crippen molar-refractivity contribution in [3.05, 3.63) is 22.2 Å². The summed E-state index contributed by atoms with van der Waals surface area (Å²) in [5, 5.41) is -0.00721. The molecule has 2 aromatic rings. The van der Waals surface area contributed by atoms with E-state index in [4.69, 9.17) is 9.47 Å². The predicted molar refractivity (Wildman–Crippen MR) is 109 cm³/mol. The van der Waals surface area contributed by atoms with Crippen LogP contribution in [0.4, 0.5) is 23.8 Å². The number of piperazine rings is 1. The fraction of sp³-hybridized carbons (Fsp3) is 0.550. The number of halogens is 4. The summed E-state index contributed by atoms with van der Waals surface area (Å²) >= 11 is 2.86. The summed E-state index contributed by atoms with van der Waals surface area (Å²) in [5.41, 5.74) is -1.01. The van der Waals surface area contributed by atoms with Gasteiger partial charge in [0.25, 0.3) is 0 Å². The van der Waals surface area contributed by atoms with Gasteiger partial charge in [-0.1, -0.05) is 0 Å². The Morgan fingerprint density at radius 2 is 1.90 bits per heavy atom. The van der Waals surface area contributed by atoms with Crippen LogP contribution in [-0.2, 0) is 4.74 Å². The fourth-order valence-electron chi connectivity index (χ4n) is 4.80. The highest BCUT2D eigenvalue weighted by molar-refractivity contribution is 9.10. The van der Waals surface area contributed by atoms with E-state index in [0.29, 0.717) is 13.0 Å². The van der Waals surface area contributed by atoms with Crippen LogP contribution in [0.15, 0.2) is 4.47 Å². The van der Waals surface area contributed by atoms with Crippen LogP contribution >= 0.6 is 15.9 Å². The van der Waals surface area contributed by atoms with E-state index in [2.05, 4.69) is 25.9 Å². The van der Waals surface area contributed by atoms with Gasteiger partial charge in [0.1, 0.15) is 23.5 Å². The van der Waals surface area contributed by atoms with Gasteiger partial charge in [-0.2, -0.15) is 14.4 Å². The number of nitrogens with zero attached hydrogens (tertiary/aromatic N) is 4. The molecule has 3 unspecified atom stereocenters. The molecule has 166 valence electrons. The van der Waals surface area contributed by atoms with E-state index in [9.17, 15) is 18.0 Å². The lowest BCUT2D eigenvalue weighted by molar-refractivity contribution is 0.00537. The molecule has 7 nitrogen and oxygen atoms in total. The molecule has 3 atom stereocenters. The Morgan fingerprint density at radius 3 is 2.61 bits per heavy atom. The molecular formula is C20H20BrF3N4O3. The fourth-order valence-corrected chi connectivity index (χ4v) is 5.16. The SMILES string of the molecule is CC(C)(C)OC(=O)N1C2CCC1C1COc3c(F)c(Br)c(F)c4nc(F)nc(c34)N1C2. The highest BCUT2D eigenvalue weighted by Crippen LogP contribution is 2.46. The van der Waals surface area contributed by atoms with Crippen LogP contribution in [0.2, 0.25) is 0 Å². The van der Waals surface area contributed by atoms with Crippen LogP contribution < -0.4 is 9.64 Å². The molecule has 2 saturated heterocycles. The van der Waals surface area contributed by atoms with Gasteiger partial charge >= 0.3 is 12.2 Å². The summed E-state index contributed by atoms with van der Waals surface area (Å²) in [4.78, 5) is 23.8. The van der Waals surface area contributed by atoms with E-state index >= 15 is 0 Å². The van der Waals surface area contributed by atoms with Gasteiger partial charge in [-0.15, -0.1) is 0 Å². The first-order valence-electron chi connectivity index (χ1n) is 10.0. The maximum atomic E-state index is 14.9. The number of fused-ring (bicyclic) bond motifs is 5. The first-order chi connectivity index (χ1) is 14.6. The molecule has 1 aromatic carbocycles. The molecule has 0 radical (unpaired) electrons. The van der Waals surface area contributed by atoms with E-state index < -0.39 is 39.9 Å². The van der Waals surface area contributed by atoms with E-state index in [1.54, 1.807) is 30.6 Å². The first kappa shape index (κ1) is 20.6. The third-order valence-electron chi connectivity index (χ3n) is 5.96. The van der Waals surface area contributed by atoms with Crippen molar-refractivity contribution < 1.29 is 27.4 Å². The second kappa shape index (κ2) is 6.85. The Balaban J connectivity index is 1.62. The van der Waals surface area contributed by atoms with E-state index in [-0.39, 0.29) is 41.2 Å². The number of anilines is 1. The maximum absolute atomic E-state index is 14.9. The first-order valence-corrected chi connectivity index (χ1v) is 10.8. The van der Waals surface area contributed by atoms with E-state index in [1.807, 2.05) is 0 Å². The second-order valence-corrected chi connectivity index (χ2v) is 9.82. The van der Waals surface area contributed by atoms with Gasteiger partial charge in [0, 0.05) is 6.54 Å². The van der Waals surface area contributed by atoms with Crippen molar-refractivity contribution in [2.75, 3.05) is 18.1 Å². The molecule has 0 N–H and O–H groups in total. The van der Waals surface area contributed by atoms with Gasteiger partial charge in [-0.25, -0.2) is 13.6 Å². The van der Waals surface area contributed by atoms with Gasteiger partial charge in [0.15, 0.2) is 17.4 Å². The normalized spacial score (nSPS) is 24.7. The molecule has 3 aliphatic rings. The van der Waals surface area contributed by atoms with Crippen molar-refractivity contribution >= 4 is 38.7 Å². The molecule has 0 aliphatic carbocycles. The molecule has 31 heavy (non-hydrogen) atoms. The third-order valence-corrected chi connectivity index (χ3v) is 6.65. The lowest BCUT2D eigenvalue weighted by Gasteiger charge is -2.46. The van der Waals surface area contributed by atoms with Crippen LogP contribution in [0.5, 0.6) is 5.75 Å². The summed E-state index contributed by atoms with van der Waals surface area (Å²) in [6.45, 7) is 5.71. The number of hydrogen-bond donors (Lipinski definition) is 0. The molecule has 11 heteroatoms. The molecule has 0 spiro atoms. The van der Waals surface area contributed by atoms with Gasteiger partial charge in [-0.3, -0.25) is 4.90 Å². The highest BCUT2D eigenvalue weighted by atomic mass is 79.9. The smallest absolute Gasteiger partial charge is 0.410 e.